The number of para-hydroxylation sites is 1. The monoisotopic (exact) mass is 795 g/mol. The van der Waals surface area contributed by atoms with Crippen LogP contribution in [0.2, 0.25) is 0 Å². The van der Waals surface area contributed by atoms with Crippen molar-refractivity contribution in [3.8, 4) is 55.6 Å². The van der Waals surface area contributed by atoms with Crippen LogP contribution in [-0.2, 0) is 10.8 Å². The number of furan rings is 1. The van der Waals surface area contributed by atoms with Gasteiger partial charge >= 0.3 is 0 Å². The molecular formula is C60H45NO. The van der Waals surface area contributed by atoms with Crippen molar-refractivity contribution in [1.29, 1.82) is 0 Å². The smallest absolute Gasteiger partial charge is 0.136 e. The number of hydrogen-bond donors (Lipinski definition) is 0. The Morgan fingerprint density at radius 1 is 0.355 bits per heavy atom. The first kappa shape index (κ1) is 36.4. The quantitative estimate of drug-likeness (QED) is 0.167. The molecule has 9 aromatic carbocycles. The molecule has 296 valence electrons. The molecule has 0 bridgehead atoms. The van der Waals surface area contributed by atoms with E-state index >= 15 is 0 Å². The summed E-state index contributed by atoms with van der Waals surface area (Å²) in [6, 6.07) is 73.5. The summed E-state index contributed by atoms with van der Waals surface area (Å²) in [5.74, 6) is 0. The second-order valence-electron chi connectivity index (χ2n) is 18.1. The Balaban J connectivity index is 0.959. The largest absolute Gasteiger partial charge is 0.456 e. The Bertz CT molecular complexity index is 3390. The van der Waals surface area contributed by atoms with Crippen molar-refractivity contribution in [3.05, 3.63) is 222 Å². The van der Waals surface area contributed by atoms with E-state index in [2.05, 4.69) is 227 Å². The van der Waals surface area contributed by atoms with Crippen LogP contribution in [0.4, 0.5) is 17.1 Å². The highest BCUT2D eigenvalue weighted by Gasteiger charge is 2.39. The molecule has 2 aliphatic carbocycles. The maximum Gasteiger partial charge on any atom is 0.136 e. The standard InChI is InChI=1S/C60H45NO/c1-59(2)52-35-29-41(36-50(52)47-34-28-42(37-53(47)59)38-14-6-5-7-15-38)39-24-30-43(31-25-39)61(54-21-12-19-48-46-16-8-10-20-51(46)60(3,4)58(48)54)44-32-26-40(27-33-44)45-18-13-23-56-57(45)49-17-9-11-22-55(49)62-56/h5-37H,1-4H3. The van der Waals surface area contributed by atoms with Crippen LogP contribution in [0.3, 0.4) is 0 Å². The second kappa shape index (κ2) is 13.5. The third-order valence-corrected chi connectivity index (χ3v) is 13.9. The maximum atomic E-state index is 6.28. The normalized spacial score (nSPS) is 14.1. The molecule has 1 heterocycles. The zero-order valence-electron chi connectivity index (χ0n) is 35.4. The van der Waals surface area contributed by atoms with Gasteiger partial charge in [0, 0.05) is 33.0 Å². The number of hydrogen-bond acceptors (Lipinski definition) is 2. The third kappa shape index (κ3) is 5.43. The summed E-state index contributed by atoms with van der Waals surface area (Å²) in [6.07, 6.45) is 0. The van der Waals surface area contributed by atoms with Crippen LogP contribution in [0.15, 0.2) is 205 Å². The van der Waals surface area contributed by atoms with Crippen LogP contribution in [0, 0.1) is 0 Å². The van der Waals surface area contributed by atoms with Gasteiger partial charge in [-0.3, -0.25) is 0 Å². The van der Waals surface area contributed by atoms with Crippen LogP contribution in [0.5, 0.6) is 0 Å². The van der Waals surface area contributed by atoms with E-state index in [1.165, 1.54) is 78.0 Å². The van der Waals surface area contributed by atoms with Gasteiger partial charge in [-0.05, 0) is 132 Å². The van der Waals surface area contributed by atoms with Crippen LogP contribution < -0.4 is 4.90 Å². The van der Waals surface area contributed by atoms with E-state index in [4.69, 9.17) is 4.42 Å². The lowest BCUT2D eigenvalue weighted by Gasteiger charge is -2.32. The molecule has 12 rings (SSSR count). The number of nitrogens with zero attached hydrogens (tertiary/aromatic N) is 1. The molecule has 0 N–H and O–H groups in total. The molecule has 10 aromatic rings. The fourth-order valence-corrected chi connectivity index (χ4v) is 10.8. The average molecular weight is 796 g/mol. The fourth-order valence-electron chi connectivity index (χ4n) is 10.8. The summed E-state index contributed by atoms with van der Waals surface area (Å²) in [6.45, 7) is 9.47. The summed E-state index contributed by atoms with van der Waals surface area (Å²) in [5, 5.41) is 2.29. The van der Waals surface area contributed by atoms with Crippen molar-refractivity contribution in [2.24, 2.45) is 0 Å². The molecule has 0 saturated heterocycles. The Kier molecular flexibility index (Phi) is 7.96. The summed E-state index contributed by atoms with van der Waals surface area (Å²) < 4.78 is 6.28. The third-order valence-electron chi connectivity index (χ3n) is 13.9. The van der Waals surface area contributed by atoms with Gasteiger partial charge in [0.15, 0.2) is 0 Å². The zero-order valence-corrected chi connectivity index (χ0v) is 35.4. The van der Waals surface area contributed by atoms with E-state index in [1.807, 2.05) is 6.07 Å². The minimum Gasteiger partial charge on any atom is -0.456 e. The first-order valence-corrected chi connectivity index (χ1v) is 21.8. The topological polar surface area (TPSA) is 16.4 Å². The van der Waals surface area contributed by atoms with Crippen LogP contribution in [0.1, 0.15) is 49.9 Å². The number of anilines is 3. The molecule has 1 aromatic heterocycles. The van der Waals surface area contributed by atoms with Crippen molar-refractivity contribution in [2.45, 2.75) is 38.5 Å². The lowest BCUT2D eigenvalue weighted by atomic mass is 9.81. The summed E-state index contributed by atoms with van der Waals surface area (Å²) in [7, 11) is 0. The number of benzene rings is 9. The van der Waals surface area contributed by atoms with Gasteiger partial charge in [0.25, 0.3) is 0 Å². The van der Waals surface area contributed by atoms with Gasteiger partial charge in [0.2, 0.25) is 0 Å². The van der Waals surface area contributed by atoms with Gasteiger partial charge in [-0.2, -0.15) is 0 Å². The van der Waals surface area contributed by atoms with Gasteiger partial charge in [0.05, 0.1) is 5.69 Å². The minimum atomic E-state index is -0.186. The molecule has 0 unspecified atom stereocenters. The predicted octanol–water partition coefficient (Wildman–Crippen LogP) is 16.7. The molecule has 2 heteroatoms. The zero-order chi connectivity index (χ0) is 41.7. The molecular weight excluding hydrogens is 751 g/mol. The van der Waals surface area contributed by atoms with Crippen LogP contribution in [0.25, 0.3) is 77.6 Å². The first-order valence-electron chi connectivity index (χ1n) is 21.8. The van der Waals surface area contributed by atoms with E-state index in [0.29, 0.717) is 0 Å². The molecule has 0 atom stereocenters. The fraction of sp³-hybridized carbons (Fsp3) is 0.100. The highest BCUT2D eigenvalue weighted by molar-refractivity contribution is 6.12. The molecule has 0 amide bonds. The molecule has 0 spiro atoms. The SMILES string of the molecule is CC1(C)c2ccc(-c3ccc(N(c4ccc(-c5cccc6oc7ccccc7c56)cc4)c4cccc5c4C(C)(C)c4ccccc4-5)cc3)cc2-c2ccc(-c3ccccc3)cc21. The average Bonchev–Trinajstić information content (AvgIpc) is 3.89. The van der Waals surface area contributed by atoms with Crippen molar-refractivity contribution in [2.75, 3.05) is 4.90 Å². The Morgan fingerprint density at radius 3 is 1.73 bits per heavy atom. The van der Waals surface area contributed by atoms with Gasteiger partial charge in [-0.15, -0.1) is 0 Å². The van der Waals surface area contributed by atoms with E-state index in [1.54, 1.807) is 0 Å². The molecule has 0 aliphatic heterocycles. The summed E-state index contributed by atoms with van der Waals surface area (Å²) >= 11 is 0. The van der Waals surface area contributed by atoms with E-state index in [9.17, 15) is 0 Å². The highest BCUT2D eigenvalue weighted by Crippen LogP contribution is 2.55. The van der Waals surface area contributed by atoms with Crippen molar-refractivity contribution in [3.63, 3.8) is 0 Å². The summed E-state index contributed by atoms with van der Waals surface area (Å²) in [4.78, 5) is 2.46. The van der Waals surface area contributed by atoms with Gasteiger partial charge in [0.1, 0.15) is 11.2 Å². The maximum absolute atomic E-state index is 6.28. The molecule has 2 nitrogen and oxygen atoms in total. The van der Waals surface area contributed by atoms with E-state index in [0.717, 1.165) is 38.9 Å². The number of rotatable bonds is 6. The Hall–Kier alpha value is -7.42. The lowest BCUT2D eigenvalue weighted by Crippen LogP contribution is -2.20. The molecule has 0 saturated carbocycles. The van der Waals surface area contributed by atoms with Crippen molar-refractivity contribution < 1.29 is 4.42 Å². The second-order valence-corrected chi connectivity index (χ2v) is 18.1. The predicted molar refractivity (Wildman–Crippen MR) is 260 cm³/mol. The van der Waals surface area contributed by atoms with E-state index in [-0.39, 0.29) is 10.8 Å². The molecule has 62 heavy (non-hydrogen) atoms. The van der Waals surface area contributed by atoms with Crippen molar-refractivity contribution in [1.82, 2.24) is 0 Å². The van der Waals surface area contributed by atoms with Gasteiger partial charge in [-0.1, -0.05) is 173 Å². The minimum absolute atomic E-state index is 0.0872. The van der Waals surface area contributed by atoms with Gasteiger partial charge < -0.3 is 9.32 Å². The van der Waals surface area contributed by atoms with Gasteiger partial charge in [-0.25, -0.2) is 0 Å². The summed E-state index contributed by atoms with van der Waals surface area (Å²) in [5.41, 5.74) is 23.0. The van der Waals surface area contributed by atoms with Crippen LogP contribution >= 0.6 is 0 Å². The van der Waals surface area contributed by atoms with E-state index < -0.39 is 0 Å². The van der Waals surface area contributed by atoms with Crippen LogP contribution in [-0.4, -0.2) is 0 Å². The van der Waals surface area contributed by atoms with Crippen molar-refractivity contribution >= 4 is 39.0 Å². The molecule has 0 fully saturated rings. The molecule has 0 radical (unpaired) electrons. The lowest BCUT2D eigenvalue weighted by molar-refractivity contribution is 0.660. The Morgan fingerprint density at radius 2 is 0.919 bits per heavy atom. The Labute approximate surface area is 363 Å². The first-order chi connectivity index (χ1) is 30.3. The highest BCUT2D eigenvalue weighted by atomic mass is 16.3. The molecule has 2 aliphatic rings. The number of fused-ring (bicyclic) bond motifs is 9.